The van der Waals surface area contributed by atoms with E-state index in [-0.39, 0.29) is 0 Å². The fourth-order valence-corrected chi connectivity index (χ4v) is 4.37. The molecular formula is C24H40Br2O2. The summed E-state index contributed by atoms with van der Waals surface area (Å²) in [6.07, 6.45) is 9.84. The van der Waals surface area contributed by atoms with Gasteiger partial charge in [0, 0.05) is 10.7 Å². The second-order valence-corrected chi connectivity index (χ2v) is 8.91. The van der Waals surface area contributed by atoms with Crippen LogP contribution in [-0.4, -0.2) is 13.2 Å². The highest BCUT2D eigenvalue weighted by atomic mass is 79.9. The Morgan fingerprint density at radius 1 is 0.714 bits per heavy atom. The summed E-state index contributed by atoms with van der Waals surface area (Å²) in [5.74, 6) is 3.03. The van der Waals surface area contributed by atoms with Crippen LogP contribution in [0.5, 0.6) is 11.5 Å². The van der Waals surface area contributed by atoms with E-state index < -0.39 is 0 Å². The molecule has 0 bridgehead atoms. The van der Waals surface area contributed by atoms with Gasteiger partial charge in [0.05, 0.1) is 13.2 Å². The molecule has 0 aliphatic rings. The third kappa shape index (κ3) is 9.07. The fraction of sp³-hybridized carbons (Fsp3) is 0.750. The lowest BCUT2D eigenvalue weighted by Gasteiger charge is -2.21. The molecule has 0 amide bonds. The molecule has 4 heteroatoms. The van der Waals surface area contributed by atoms with Crippen molar-refractivity contribution in [3.63, 3.8) is 0 Å². The van der Waals surface area contributed by atoms with Gasteiger partial charge in [-0.2, -0.15) is 0 Å². The molecule has 1 aromatic carbocycles. The Hall–Kier alpha value is -0.220. The van der Waals surface area contributed by atoms with Crippen LogP contribution in [0.15, 0.2) is 12.1 Å². The number of hydrogen-bond donors (Lipinski definition) is 0. The Morgan fingerprint density at radius 3 is 1.39 bits per heavy atom. The normalized spacial score (nSPS) is 13.4. The molecule has 2 nitrogen and oxygen atoms in total. The average Bonchev–Trinajstić information content (AvgIpc) is 2.73. The highest BCUT2D eigenvalue weighted by molar-refractivity contribution is 9.09. The molecule has 0 saturated carbocycles. The quantitative estimate of drug-likeness (QED) is 0.203. The minimum absolute atomic E-state index is 0.615. The Bertz CT molecular complexity index is 487. The monoisotopic (exact) mass is 518 g/mol. The molecule has 0 heterocycles. The number of benzene rings is 1. The summed E-state index contributed by atoms with van der Waals surface area (Å²) in [5.41, 5.74) is 2.53. The molecule has 162 valence electrons. The van der Waals surface area contributed by atoms with Crippen LogP contribution in [-0.2, 0) is 10.7 Å². The van der Waals surface area contributed by atoms with Crippen molar-refractivity contribution in [2.24, 2.45) is 11.8 Å². The van der Waals surface area contributed by atoms with Crippen molar-refractivity contribution in [3.05, 3.63) is 23.3 Å². The smallest absolute Gasteiger partial charge is 0.161 e. The summed E-state index contributed by atoms with van der Waals surface area (Å²) in [6, 6.07) is 4.33. The number of ether oxygens (including phenoxy) is 2. The van der Waals surface area contributed by atoms with Crippen molar-refractivity contribution < 1.29 is 9.47 Å². The molecule has 1 aromatic rings. The number of alkyl halides is 2. The van der Waals surface area contributed by atoms with E-state index in [0.29, 0.717) is 11.8 Å². The first-order valence-electron chi connectivity index (χ1n) is 11.2. The van der Waals surface area contributed by atoms with Crippen LogP contribution in [0.25, 0.3) is 0 Å². The first kappa shape index (κ1) is 25.8. The van der Waals surface area contributed by atoms with Crippen LogP contribution in [0, 0.1) is 11.8 Å². The van der Waals surface area contributed by atoms with E-state index in [4.69, 9.17) is 9.47 Å². The maximum absolute atomic E-state index is 6.32. The maximum atomic E-state index is 6.32. The van der Waals surface area contributed by atoms with E-state index in [1.54, 1.807) is 0 Å². The molecule has 2 atom stereocenters. The molecular weight excluding hydrogens is 480 g/mol. The van der Waals surface area contributed by atoms with Gasteiger partial charge in [0.1, 0.15) is 0 Å². The molecule has 0 aliphatic carbocycles. The van der Waals surface area contributed by atoms with Crippen molar-refractivity contribution >= 4 is 31.9 Å². The van der Waals surface area contributed by atoms with Gasteiger partial charge in [-0.3, -0.25) is 0 Å². The van der Waals surface area contributed by atoms with Gasteiger partial charge in [-0.1, -0.05) is 98.1 Å². The summed E-state index contributed by atoms with van der Waals surface area (Å²) in [6.45, 7) is 10.6. The summed E-state index contributed by atoms with van der Waals surface area (Å²) >= 11 is 7.24. The molecule has 0 aliphatic heterocycles. The van der Waals surface area contributed by atoms with E-state index in [2.05, 4.69) is 71.7 Å². The summed E-state index contributed by atoms with van der Waals surface area (Å²) in [7, 11) is 0. The summed E-state index contributed by atoms with van der Waals surface area (Å²) in [4.78, 5) is 0. The Kier molecular flexibility index (Phi) is 14.4. The van der Waals surface area contributed by atoms with E-state index in [9.17, 15) is 0 Å². The highest BCUT2D eigenvalue weighted by Crippen LogP contribution is 2.34. The van der Waals surface area contributed by atoms with Crippen molar-refractivity contribution in [2.45, 2.75) is 89.7 Å². The van der Waals surface area contributed by atoms with E-state index >= 15 is 0 Å². The molecule has 0 spiro atoms. The molecule has 2 unspecified atom stereocenters. The van der Waals surface area contributed by atoms with Gasteiger partial charge in [0.2, 0.25) is 0 Å². The number of halogens is 2. The lowest BCUT2D eigenvalue weighted by molar-refractivity contribution is 0.199. The van der Waals surface area contributed by atoms with Crippen molar-refractivity contribution in [2.75, 3.05) is 13.2 Å². The minimum Gasteiger partial charge on any atom is -0.489 e. The lowest BCUT2D eigenvalue weighted by atomic mass is 10.0. The van der Waals surface area contributed by atoms with Gasteiger partial charge in [-0.15, -0.1) is 0 Å². The summed E-state index contributed by atoms with van der Waals surface area (Å²) in [5, 5.41) is 1.65. The third-order valence-electron chi connectivity index (χ3n) is 5.59. The first-order valence-corrected chi connectivity index (χ1v) is 13.4. The Morgan fingerprint density at radius 2 is 1.11 bits per heavy atom. The molecule has 28 heavy (non-hydrogen) atoms. The molecule has 0 aromatic heterocycles. The van der Waals surface area contributed by atoms with Crippen molar-refractivity contribution in [1.82, 2.24) is 0 Å². The Balaban J connectivity index is 2.91. The Labute approximate surface area is 190 Å². The SMILES string of the molecule is CCCCC(CC)COc1cc(CBr)c(CBr)cc1OCC(CC)CCCC. The zero-order valence-corrected chi connectivity index (χ0v) is 21.5. The van der Waals surface area contributed by atoms with Crippen LogP contribution in [0.4, 0.5) is 0 Å². The van der Waals surface area contributed by atoms with Crippen molar-refractivity contribution in [3.8, 4) is 11.5 Å². The predicted octanol–water partition coefficient (Wildman–Crippen LogP) is 8.67. The predicted molar refractivity (Wildman–Crippen MR) is 129 cm³/mol. The van der Waals surface area contributed by atoms with Crippen LogP contribution in [0.3, 0.4) is 0 Å². The van der Waals surface area contributed by atoms with Gasteiger partial charge in [-0.25, -0.2) is 0 Å². The van der Waals surface area contributed by atoms with Crippen molar-refractivity contribution in [1.29, 1.82) is 0 Å². The van der Waals surface area contributed by atoms with Crippen LogP contribution < -0.4 is 9.47 Å². The standard InChI is InChI=1S/C24H40Br2O2/c1-5-9-11-19(7-3)17-27-23-13-21(15-25)22(16-26)14-24(23)28-18-20(8-4)12-10-6-2/h13-14,19-20H,5-12,15-18H2,1-4H3. The third-order valence-corrected chi connectivity index (χ3v) is 6.80. The fourth-order valence-electron chi connectivity index (χ4n) is 3.33. The maximum Gasteiger partial charge on any atom is 0.161 e. The summed E-state index contributed by atoms with van der Waals surface area (Å²) < 4.78 is 12.6. The zero-order valence-electron chi connectivity index (χ0n) is 18.4. The largest absolute Gasteiger partial charge is 0.489 e. The lowest BCUT2D eigenvalue weighted by Crippen LogP contribution is -2.14. The van der Waals surface area contributed by atoms with Crippen LogP contribution >= 0.6 is 31.9 Å². The average molecular weight is 520 g/mol. The zero-order chi connectivity index (χ0) is 20.8. The molecule has 0 radical (unpaired) electrons. The van der Waals surface area contributed by atoms with E-state index in [1.165, 1.54) is 49.7 Å². The van der Waals surface area contributed by atoms with Gasteiger partial charge in [0.25, 0.3) is 0 Å². The van der Waals surface area contributed by atoms with Gasteiger partial charge >= 0.3 is 0 Å². The number of rotatable bonds is 16. The van der Waals surface area contributed by atoms with Gasteiger partial charge < -0.3 is 9.47 Å². The highest BCUT2D eigenvalue weighted by Gasteiger charge is 2.15. The van der Waals surface area contributed by atoms with Gasteiger partial charge in [0.15, 0.2) is 11.5 Å². The van der Waals surface area contributed by atoms with E-state index in [1.807, 2.05) is 0 Å². The minimum atomic E-state index is 0.615. The second kappa shape index (κ2) is 15.6. The first-order chi connectivity index (χ1) is 13.6. The molecule has 0 fully saturated rings. The molecule has 0 saturated heterocycles. The van der Waals surface area contributed by atoms with Gasteiger partial charge in [-0.05, 0) is 47.9 Å². The molecule has 0 N–H and O–H groups in total. The molecule has 1 rings (SSSR count). The second-order valence-electron chi connectivity index (χ2n) is 7.79. The van der Waals surface area contributed by atoms with Crippen LogP contribution in [0.1, 0.15) is 90.2 Å². The van der Waals surface area contributed by atoms with Crippen LogP contribution in [0.2, 0.25) is 0 Å². The van der Waals surface area contributed by atoms with E-state index in [0.717, 1.165) is 48.2 Å². The topological polar surface area (TPSA) is 18.5 Å². The number of unbranched alkanes of at least 4 members (excludes halogenated alkanes) is 2. The number of hydrogen-bond acceptors (Lipinski definition) is 2.